The van der Waals surface area contributed by atoms with Gasteiger partial charge in [0.2, 0.25) is 0 Å². The van der Waals surface area contributed by atoms with Crippen molar-refractivity contribution in [3.05, 3.63) is 57.9 Å². The van der Waals surface area contributed by atoms with Gasteiger partial charge in [-0.05, 0) is 50.2 Å². The summed E-state index contributed by atoms with van der Waals surface area (Å²) in [6, 6.07) is 9.85. The molecule has 1 heterocycles. The van der Waals surface area contributed by atoms with E-state index in [-0.39, 0.29) is 6.04 Å². The maximum atomic E-state index is 6.17. The number of ether oxygens (including phenoxy) is 1. The fourth-order valence-corrected chi connectivity index (χ4v) is 2.71. The van der Waals surface area contributed by atoms with Crippen molar-refractivity contribution in [2.75, 3.05) is 13.7 Å². The summed E-state index contributed by atoms with van der Waals surface area (Å²) in [6.45, 7) is 6.96. The Hall–Kier alpha value is -1.58. The molecule has 0 aliphatic carbocycles. The Labute approximate surface area is 131 Å². The van der Waals surface area contributed by atoms with E-state index in [9.17, 15) is 0 Å². The molecule has 1 N–H and O–H groups in total. The first-order valence-electron chi connectivity index (χ1n) is 7.07. The van der Waals surface area contributed by atoms with Crippen molar-refractivity contribution in [2.45, 2.75) is 26.8 Å². The van der Waals surface area contributed by atoms with Gasteiger partial charge in [-0.1, -0.05) is 24.6 Å². The van der Waals surface area contributed by atoms with Crippen LogP contribution in [0.5, 0.6) is 5.75 Å². The molecule has 2 aromatic rings. The normalized spacial score (nSPS) is 12.2. The molecule has 1 atom stereocenters. The first kappa shape index (κ1) is 15.8. The molecule has 0 saturated heterocycles. The van der Waals surface area contributed by atoms with Crippen LogP contribution in [0.4, 0.5) is 0 Å². The van der Waals surface area contributed by atoms with Crippen LogP contribution in [0.25, 0.3) is 0 Å². The van der Waals surface area contributed by atoms with E-state index < -0.39 is 0 Å². The van der Waals surface area contributed by atoms with E-state index >= 15 is 0 Å². The SMILES string of the molecule is CCNC(c1cc(Cl)ccc1OC)c1ccc(C)nc1C. The molecule has 0 bridgehead atoms. The van der Waals surface area contributed by atoms with Crippen molar-refractivity contribution in [3.8, 4) is 5.75 Å². The van der Waals surface area contributed by atoms with Gasteiger partial charge in [0.05, 0.1) is 13.2 Å². The van der Waals surface area contributed by atoms with E-state index in [1.54, 1.807) is 7.11 Å². The molecule has 0 aliphatic heterocycles. The lowest BCUT2D eigenvalue weighted by Crippen LogP contribution is -2.23. The fourth-order valence-electron chi connectivity index (χ4n) is 2.52. The molecule has 0 aliphatic rings. The summed E-state index contributed by atoms with van der Waals surface area (Å²) in [5.41, 5.74) is 4.20. The first-order valence-corrected chi connectivity index (χ1v) is 7.45. The minimum atomic E-state index is 0.0109. The lowest BCUT2D eigenvalue weighted by Gasteiger charge is -2.23. The highest BCUT2D eigenvalue weighted by Crippen LogP contribution is 2.33. The zero-order chi connectivity index (χ0) is 15.4. The van der Waals surface area contributed by atoms with Crippen molar-refractivity contribution < 1.29 is 4.74 Å². The molecule has 2 rings (SSSR count). The highest BCUT2D eigenvalue weighted by atomic mass is 35.5. The van der Waals surface area contributed by atoms with Crippen molar-refractivity contribution in [1.29, 1.82) is 0 Å². The second kappa shape index (κ2) is 6.92. The van der Waals surface area contributed by atoms with Crippen molar-refractivity contribution >= 4 is 11.6 Å². The van der Waals surface area contributed by atoms with Crippen LogP contribution >= 0.6 is 11.6 Å². The number of hydrogen-bond acceptors (Lipinski definition) is 3. The Bertz CT molecular complexity index is 628. The summed E-state index contributed by atoms with van der Waals surface area (Å²) in [5.74, 6) is 0.824. The van der Waals surface area contributed by atoms with Crippen LogP contribution in [0.3, 0.4) is 0 Å². The Morgan fingerprint density at radius 1 is 1.19 bits per heavy atom. The summed E-state index contributed by atoms with van der Waals surface area (Å²) >= 11 is 6.17. The number of pyridine rings is 1. The molecule has 1 aromatic heterocycles. The van der Waals surface area contributed by atoms with Crippen LogP contribution in [0, 0.1) is 13.8 Å². The summed E-state index contributed by atoms with van der Waals surface area (Å²) < 4.78 is 5.49. The second-order valence-corrected chi connectivity index (χ2v) is 5.44. The molecule has 112 valence electrons. The number of rotatable bonds is 5. The minimum Gasteiger partial charge on any atom is -0.496 e. The number of nitrogens with zero attached hydrogens (tertiary/aromatic N) is 1. The highest BCUT2D eigenvalue weighted by molar-refractivity contribution is 6.30. The summed E-state index contributed by atoms with van der Waals surface area (Å²) in [7, 11) is 1.68. The topological polar surface area (TPSA) is 34.1 Å². The van der Waals surface area contributed by atoms with Gasteiger partial charge >= 0.3 is 0 Å². The van der Waals surface area contributed by atoms with Gasteiger partial charge in [0.15, 0.2) is 0 Å². The number of nitrogens with one attached hydrogen (secondary N) is 1. The fraction of sp³-hybridized carbons (Fsp3) is 0.353. The smallest absolute Gasteiger partial charge is 0.124 e. The van der Waals surface area contributed by atoms with Gasteiger partial charge in [0.1, 0.15) is 5.75 Å². The van der Waals surface area contributed by atoms with E-state index in [1.807, 2.05) is 38.1 Å². The molecule has 3 nitrogen and oxygen atoms in total. The van der Waals surface area contributed by atoms with Gasteiger partial charge in [-0.2, -0.15) is 0 Å². The summed E-state index contributed by atoms with van der Waals surface area (Å²) in [6.07, 6.45) is 0. The molecule has 4 heteroatoms. The van der Waals surface area contributed by atoms with Crippen molar-refractivity contribution in [1.82, 2.24) is 10.3 Å². The molecule has 1 aromatic carbocycles. The zero-order valence-corrected chi connectivity index (χ0v) is 13.7. The van der Waals surface area contributed by atoms with Gasteiger partial charge in [0.25, 0.3) is 0 Å². The Morgan fingerprint density at radius 2 is 1.95 bits per heavy atom. The number of halogens is 1. The van der Waals surface area contributed by atoms with E-state index in [0.29, 0.717) is 5.02 Å². The van der Waals surface area contributed by atoms with Crippen molar-refractivity contribution in [3.63, 3.8) is 0 Å². The molecule has 0 fully saturated rings. The molecule has 0 saturated carbocycles. The van der Waals surface area contributed by atoms with Crippen LogP contribution in [-0.2, 0) is 0 Å². The summed E-state index contributed by atoms with van der Waals surface area (Å²) in [5, 5.41) is 4.20. The maximum Gasteiger partial charge on any atom is 0.124 e. The zero-order valence-electron chi connectivity index (χ0n) is 12.9. The average Bonchev–Trinajstić information content (AvgIpc) is 2.45. The third kappa shape index (κ3) is 3.55. The van der Waals surface area contributed by atoms with Gasteiger partial charge < -0.3 is 10.1 Å². The Kier molecular flexibility index (Phi) is 5.21. The summed E-state index contributed by atoms with van der Waals surface area (Å²) in [4.78, 5) is 4.57. The predicted molar refractivity (Wildman–Crippen MR) is 87.2 cm³/mol. The van der Waals surface area contributed by atoms with E-state index in [4.69, 9.17) is 16.3 Å². The number of hydrogen-bond donors (Lipinski definition) is 1. The number of benzene rings is 1. The van der Waals surface area contributed by atoms with Crippen LogP contribution in [0.2, 0.25) is 5.02 Å². The molecule has 1 unspecified atom stereocenters. The van der Waals surface area contributed by atoms with Gasteiger partial charge in [-0.25, -0.2) is 0 Å². The van der Waals surface area contributed by atoms with Crippen LogP contribution in [0.15, 0.2) is 30.3 Å². The molecule has 0 spiro atoms. The van der Waals surface area contributed by atoms with Gasteiger partial charge in [0, 0.05) is 22.0 Å². The number of aromatic nitrogens is 1. The Morgan fingerprint density at radius 3 is 2.57 bits per heavy atom. The third-order valence-electron chi connectivity index (χ3n) is 3.49. The quantitative estimate of drug-likeness (QED) is 0.904. The molecule has 21 heavy (non-hydrogen) atoms. The van der Waals surface area contributed by atoms with Crippen LogP contribution < -0.4 is 10.1 Å². The van der Waals surface area contributed by atoms with E-state index in [1.165, 1.54) is 0 Å². The maximum absolute atomic E-state index is 6.17. The average molecular weight is 305 g/mol. The largest absolute Gasteiger partial charge is 0.496 e. The van der Waals surface area contributed by atoms with Crippen LogP contribution in [-0.4, -0.2) is 18.6 Å². The first-order chi connectivity index (χ1) is 10.1. The van der Waals surface area contributed by atoms with Crippen molar-refractivity contribution in [2.24, 2.45) is 0 Å². The molecular formula is C17H21ClN2O. The standard InChI is InChI=1S/C17H21ClN2O/c1-5-19-17(14-8-6-11(2)20-12(14)3)15-10-13(18)7-9-16(15)21-4/h6-10,17,19H,5H2,1-4H3. The highest BCUT2D eigenvalue weighted by Gasteiger charge is 2.20. The number of aryl methyl sites for hydroxylation is 2. The lowest BCUT2D eigenvalue weighted by molar-refractivity contribution is 0.404. The molecular weight excluding hydrogens is 284 g/mol. The predicted octanol–water partition coefficient (Wildman–Crippen LogP) is 4.06. The van der Waals surface area contributed by atoms with Gasteiger partial charge in [-0.15, -0.1) is 0 Å². The lowest BCUT2D eigenvalue weighted by atomic mass is 9.96. The monoisotopic (exact) mass is 304 g/mol. The molecule has 0 radical (unpaired) electrons. The van der Waals surface area contributed by atoms with E-state index in [2.05, 4.69) is 23.3 Å². The Balaban J connectivity index is 2.55. The second-order valence-electron chi connectivity index (χ2n) is 5.00. The number of methoxy groups -OCH3 is 1. The molecule has 0 amide bonds. The van der Waals surface area contributed by atoms with Gasteiger partial charge in [-0.3, -0.25) is 4.98 Å². The third-order valence-corrected chi connectivity index (χ3v) is 3.72. The van der Waals surface area contributed by atoms with Crippen LogP contribution in [0.1, 0.15) is 35.5 Å². The minimum absolute atomic E-state index is 0.0109. The van der Waals surface area contributed by atoms with E-state index in [0.717, 1.165) is 34.8 Å².